The van der Waals surface area contributed by atoms with Gasteiger partial charge in [-0.1, -0.05) is 0 Å². The molecule has 0 aliphatic carbocycles. The first kappa shape index (κ1) is 20.7. The number of anilines is 1. The Morgan fingerprint density at radius 2 is 1.79 bits per heavy atom. The summed E-state index contributed by atoms with van der Waals surface area (Å²) in [4.78, 5) is 26.6. The quantitative estimate of drug-likeness (QED) is 0.748. The smallest absolute Gasteiger partial charge is 0.322 e. The van der Waals surface area contributed by atoms with Crippen LogP contribution in [-0.4, -0.2) is 38.2 Å². The standard InChI is InChI=1S/C19H22F3N5O2/c1-10-8-27-15(12(7-23-27)17(28)25-19(2,3)4)9-26(10)18(29)24-11-5-13(20)16(22)14(21)6-11/h5-7,10H,8-9H2,1-4H3,(H,24,29)(H,25,28)/t10-/m1/s1. The Bertz CT molecular complexity index is 944. The first-order chi connectivity index (χ1) is 13.5. The van der Waals surface area contributed by atoms with Crippen molar-refractivity contribution in [1.29, 1.82) is 0 Å². The van der Waals surface area contributed by atoms with Gasteiger partial charge in [0.25, 0.3) is 5.91 Å². The average Bonchev–Trinajstić information content (AvgIpc) is 3.00. The van der Waals surface area contributed by atoms with Gasteiger partial charge in [0.15, 0.2) is 17.5 Å². The molecular formula is C19H22F3N5O2. The van der Waals surface area contributed by atoms with Crippen molar-refractivity contribution < 1.29 is 22.8 Å². The van der Waals surface area contributed by atoms with E-state index < -0.39 is 29.0 Å². The van der Waals surface area contributed by atoms with Crippen LogP contribution in [0.1, 0.15) is 43.7 Å². The molecule has 0 unspecified atom stereocenters. The predicted octanol–water partition coefficient (Wildman–Crippen LogP) is 3.26. The fraction of sp³-hybridized carbons (Fsp3) is 0.421. The Balaban J connectivity index is 1.81. The number of nitrogens with one attached hydrogen (secondary N) is 2. The summed E-state index contributed by atoms with van der Waals surface area (Å²) in [6.45, 7) is 7.76. The summed E-state index contributed by atoms with van der Waals surface area (Å²) in [6, 6.07) is 0.489. The van der Waals surface area contributed by atoms with Crippen molar-refractivity contribution in [2.24, 2.45) is 0 Å². The number of hydrogen-bond acceptors (Lipinski definition) is 3. The zero-order valence-corrected chi connectivity index (χ0v) is 16.5. The summed E-state index contributed by atoms with van der Waals surface area (Å²) in [5, 5.41) is 9.45. The monoisotopic (exact) mass is 409 g/mol. The van der Waals surface area contributed by atoms with Gasteiger partial charge < -0.3 is 15.5 Å². The molecule has 1 aliphatic rings. The third-order valence-corrected chi connectivity index (χ3v) is 4.47. The molecule has 3 rings (SSSR count). The number of aromatic nitrogens is 2. The third-order valence-electron chi connectivity index (χ3n) is 4.47. The molecule has 29 heavy (non-hydrogen) atoms. The summed E-state index contributed by atoms with van der Waals surface area (Å²) in [5.41, 5.74) is 0.255. The Kier molecular flexibility index (Phi) is 5.29. The van der Waals surface area contributed by atoms with E-state index in [1.54, 1.807) is 11.6 Å². The Hall–Kier alpha value is -3.04. The molecule has 1 aromatic carbocycles. The summed E-state index contributed by atoms with van der Waals surface area (Å²) in [5.74, 6) is -4.71. The molecule has 0 radical (unpaired) electrons. The van der Waals surface area contributed by atoms with Crippen molar-refractivity contribution in [3.05, 3.63) is 47.0 Å². The maximum Gasteiger partial charge on any atom is 0.322 e. The van der Waals surface area contributed by atoms with Gasteiger partial charge in [-0.2, -0.15) is 5.10 Å². The number of carbonyl (C=O) groups excluding carboxylic acids is 2. The highest BCUT2D eigenvalue weighted by atomic mass is 19.2. The van der Waals surface area contributed by atoms with Crippen LogP contribution in [0.4, 0.5) is 23.7 Å². The second kappa shape index (κ2) is 7.41. The third kappa shape index (κ3) is 4.36. The minimum atomic E-state index is -1.60. The van der Waals surface area contributed by atoms with E-state index in [-0.39, 0.29) is 24.2 Å². The highest BCUT2D eigenvalue weighted by Crippen LogP contribution is 2.23. The number of fused-ring (bicyclic) bond motifs is 1. The number of halogens is 3. The fourth-order valence-electron chi connectivity index (χ4n) is 3.09. The van der Waals surface area contributed by atoms with Gasteiger partial charge in [0.1, 0.15) is 0 Å². The van der Waals surface area contributed by atoms with Gasteiger partial charge in [0.2, 0.25) is 0 Å². The predicted molar refractivity (Wildman–Crippen MR) is 99.8 cm³/mol. The Morgan fingerprint density at radius 1 is 1.17 bits per heavy atom. The molecule has 0 spiro atoms. The normalized spacial score (nSPS) is 16.4. The van der Waals surface area contributed by atoms with Gasteiger partial charge in [-0.15, -0.1) is 0 Å². The van der Waals surface area contributed by atoms with E-state index in [0.717, 1.165) is 0 Å². The lowest BCUT2D eigenvalue weighted by molar-refractivity contribution is 0.0914. The van der Waals surface area contributed by atoms with Crippen LogP contribution in [-0.2, 0) is 13.1 Å². The number of hydrogen-bond donors (Lipinski definition) is 2. The number of urea groups is 1. The second-order valence-corrected chi connectivity index (χ2v) is 8.05. The van der Waals surface area contributed by atoms with Crippen molar-refractivity contribution >= 4 is 17.6 Å². The van der Waals surface area contributed by atoms with Crippen molar-refractivity contribution in [3.63, 3.8) is 0 Å². The van der Waals surface area contributed by atoms with Gasteiger partial charge >= 0.3 is 6.03 Å². The molecule has 7 nitrogen and oxygen atoms in total. The second-order valence-electron chi connectivity index (χ2n) is 8.05. The first-order valence-electron chi connectivity index (χ1n) is 9.05. The van der Waals surface area contributed by atoms with E-state index in [2.05, 4.69) is 15.7 Å². The molecule has 0 fully saturated rings. The maximum absolute atomic E-state index is 13.4. The molecule has 2 heterocycles. The number of nitrogens with zero attached hydrogens (tertiary/aromatic N) is 3. The molecule has 0 bridgehead atoms. The zero-order chi connectivity index (χ0) is 21.5. The van der Waals surface area contributed by atoms with Crippen LogP contribution in [0.25, 0.3) is 0 Å². The molecular weight excluding hydrogens is 387 g/mol. The minimum absolute atomic E-state index is 0.0755. The summed E-state index contributed by atoms with van der Waals surface area (Å²) in [7, 11) is 0. The molecule has 1 atom stereocenters. The SMILES string of the molecule is C[C@@H]1Cn2ncc(C(=O)NC(C)(C)C)c2CN1C(=O)Nc1cc(F)c(F)c(F)c1. The van der Waals surface area contributed by atoms with Crippen LogP contribution in [0, 0.1) is 17.5 Å². The molecule has 2 N–H and O–H groups in total. The van der Waals surface area contributed by atoms with Gasteiger partial charge in [0, 0.05) is 23.4 Å². The van der Waals surface area contributed by atoms with Crippen LogP contribution in [0.15, 0.2) is 18.3 Å². The lowest BCUT2D eigenvalue weighted by atomic mass is 10.1. The van der Waals surface area contributed by atoms with Crippen molar-refractivity contribution in [1.82, 2.24) is 20.0 Å². The number of carbonyl (C=O) groups is 2. The van der Waals surface area contributed by atoms with E-state index in [4.69, 9.17) is 0 Å². The molecule has 156 valence electrons. The largest absolute Gasteiger partial charge is 0.347 e. The highest BCUT2D eigenvalue weighted by molar-refractivity contribution is 5.96. The Labute approximate surface area is 165 Å². The molecule has 10 heteroatoms. The van der Waals surface area contributed by atoms with Gasteiger partial charge in [0.05, 0.1) is 36.6 Å². The summed E-state index contributed by atoms with van der Waals surface area (Å²) < 4.78 is 41.6. The van der Waals surface area contributed by atoms with Crippen LogP contribution >= 0.6 is 0 Å². The van der Waals surface area contributed by atoms with Gasteiger partial charge in [-0.05, 0) is 27.7 Å². The van der Waals surface area contributed by atoms with Crippen LogP contribution in [0.3, 0.4) is 0 Å². The van der Waals surface area contributed by atoms with Crippen LogP contribution in [0.5, 0.6) is 0 Å². The highest BCUT2D eigenvalue weighted by Gasteiger charge is 2.32. The molecule has 2 aromatic rings. The van der Waals surface area contributed by atoms with E-state index in [0.29, 0.717) is 29.9 Å². The summed E-state index contributed by atoms with van der Waals surface area (Å²) >= 11 is 0. The van der Waals surface area contributed by atoms with E-state index in [1.807, 2.05) is 20.8 Å². The number of amides is 3. The Morgan fingerprint density at radius 3 is 2.38 bits per heavy atom. The van der Waals surface area contributed by atoms with Crippen LogP contribution in [0.2, 0.25) is 0 Å². The molecule has 1 aliphatic heterocycles. The van der Waals surface area contributed by atoms with Crippen molar-refractivity contribution in [2.75, 3.05) is 5.32 Å². The number of benzene rings is 1. The topological polar surface area (TPSA) is 79.3 Å². The van der Waals surface area contributed by atoms with E-state index in [1.165, 1.54) is 11.1 Å². The number of rotatable bonds is 2. The lowest BCUT2D eigenvalue weighted by Gasteiger charge is -2.34. The molecule has 1 aromatic heterocycles. The minimum Gasteiger partial charge on any atom is -0.347 e. The van der Waals surface area contributed by atoms with Gasteiger partial charge in [-0.3, -0.25) is 9.48 Å². The summed E-state index contributed by atoms with van der Waals surface area (Å²) in [6.07, 6.45) is 1.45. The fourth-order valence-corrected chi connectivity index (χ4v) is 3.09. The average molecular weight is 409 g/mol. The van der Waals surface area contributed by atoms with E-state index >= 15 is 0 Å². The van der Waals surface area contributed by atoms with E-state index in [9.17, 15) is 22.8 Å². The lowest BCUT2D eigenvalue weighted by Crippen LogP contribution is -2.47. The molecule has 0 saturated heterocycles. The van der Waals surface area contributed by atoms with Gasteiger partial charge in [-0.25, -0.2) is 18.0 Å². The first-order valence-corrected chi connectivity index (χ1v) is 9.05. The molecule has 0 saturated carbocycles. The van der Waals surface area contributed by atoms with Crippen molar-refractivity contribution in [2.45, 2.75) is 52.4 Å². The zero-order valence-electron chi connectivity index (χ0n) is 16.5. The molecule has 3 amide bonds. The maximum atomic E-state index is 13.4. The van der Waals surface area contributed by atoms with Crippen LogP contribution < -0.4 is 10.6 Å². The van der Waals surface area contributed by atoms with Crippen molar-refractivity contribution in [3.8, 4) is 0 Å².